The second-order valence-corrected chi connectivity index (χ2v) is 6.64. The van der Waals surface area contributed by atoms with Gasteiger partial charge >= 0.3 is 0 Å². The number of halogens is 1. The lowest BCUT2D eigenvalue weighted by Gasteiger charge is -2.31. The van der Waals surface area contributed by atoms with Crippen molar-refractivity contribution < 1.29 is 4.79 Å². The molecule has 1 saturated heterocycles. The maximum Gasteiger partial charge on any atom is 0.221 e. The molecule has 0 aliphatic carbocycles. The Bertz CT molecular complexity index is 608. The summed E-state index contributed by atoms with van der Waals surface area (Å²) >= 11 is 0. The normalized spacial score (nSPS) is 19.9. The fourth-order valence-corrected chi connectivity index (χ4v) is 3.49. The van der Waals surface area contributed by atoms with Crippen LogP contribution < -0.4 is 10.6 Å². The average molecular weight is 359 g/mol. The molecule has 1 amide bonds. The quantitative estimate of drug-likeness (QED) is 0.851. The van der Waals surface area contributed by atoms with Gasteiger partial charge in [0, 0.05) is 24.4 Å². The van der Waals surface area contributed by atoms with Gasteiger partial charge in [0.1, 0.15) is 0 Å². The van der Waals surface area contributed by atoms with Crippen LogP contribution in [0.1, 0.15) is 43.2 Å². The zero-order valence-corrected chi connectivity index (χ0v) is 15.5. The molecule has 25 heavy (non-hydrogen) atoms. The van der Waals surface area contributed by atoms with Crippen molar-refractivity contribution in [2.24, 2.45) is 0 Å². The first kappa shape index (κ1) is 19.5. The molecule has 0 saturated carbocycles. The largest absolute Gasteiger partial charge is 0.352 e. The van der Waals surface area contributed by atoms with Gasteiger partial charge < -0.3 is 10.6 Å². The minimum absolute atomic E-state index is 0. The van der Waals surface area contributed by atoms with Gasteiger partial charge in [-0.05, 0) is 37.4 Å². The molecule has 0 spiro atoms. The minimum atomic E-state index is 0. The Kier molecular flexibility index (Phi) is 7.48. The Morgan fingerprint density at radius 1 is 1.08 bits per heavy atom. The molecule has 134 valence electrons. The Hall–Kier alpha value is -1.84. The van der Waals surface area contributed by atoms with Crippen LogP contribution in [0.5, 0.6) is 0 Å². The SMILES string of the molecule is CC1NCCCC1NC(=O)CC(c1ccccc1)c1ccccc1.Cl. The molecule has 0 aromatic heterocycles. The van der Waals surface area contributed by atoms with E-state index in [1.54, 1.807) is 0 Å². The molecule has 0 radical (unpaired) electrons. The van der Waals surface area contributed by atoms with Crippen molar-refractivity contribution in [3.63, 3.8) is 0 Å². The number of carbonyl (C=O) groups excluding carboxylic acids is 1. The Labute approximate surface area is 156 Å². The highest BCUT2D eigenvalue weighted by Crippen LogP contribution is 2.28. The molecule has 1 heterocycles. The molecule has 2 N–H and O–H groups in total. The maximum atomic E-state index is 12.7. The summed E-state index contributed by atoms with van der Waals surface area (Å²) in [5.74, 6) is 0.229. The summed E-state index contributed by atoms with van der Waals surface area (Å²) in [7, 11) is 0. The molecule has 0 bridgehead atoms. The molecule has 1 fully saturated rings. The number of nitrogens with one attached hydrogen (secondary N) is 2. The van der Waals surface area contributed by atoms with E-state index in [0.29, 0.717) is 12.5 Å². The summed E-state index contributed by atoms with van der Waals surface area (Å²) in [6.45, 7) is 3.19. The van der Waals surface area contributed by atoms with E-state index in [1.807, 2.05) is 36.4 Å². The molecule has 1 aliphatic heterocycles. The number of benzene rings is 2. The molecule has 4 heteroatoms. The van der Waals surface area contributed by atoms with E-state index in [1.165, 1.54) is 11.1 Å². The van der Waals surface area contributed by atoms with Crippen molar-refractivity contribution >= 4 is 18.3 Å². The van der Waals surface area contributed by atoms with Crippen molar-refractivity contribution in [3.05, 3.63) is 71.8 Å². The number of carbonyl (C=O) groups is 1. The third kappa shape index (κ3) is 5.32. The smallest absolute Gasteiger partial charge is 0.221 e. The highest BCUT2D eigenvalue weighted by molar-refractivity contribution is 5.85. The Morgan fingerprint density at radius 2 is 1.64 bits per heavy atom. The van der Waals surface area contributed by atoms with Crippen molar-refractivity contribution in [1.82, 2.24) is 10.6 Å². The van der Waals surface area contributed by atoms with E-state index in [4.69, 9.17) is 0 Å². The van der Waals surface area contributed by atoms with Gasteiger partial charge in [0.05, 0.1) is 0 Å². The van der Waals surface area contributed by atoms with Gasteiger partial charge in [-0.3, -0.25) is 4.79 Å². The van der Waals surface area contributed by atoms with Gasteiger partial charge in [-0.1, -0.05) is 60.7 Å². The van der Waals surface area contributed by atoms with Crippen molar-refractivity contribution in [1.29, 1.82) is 0 Å². The summed E-state index contributed by atoms with van der Waals surface area (Å²) in [6.07, 6.45) is 2.66. The summed E-state index contributed by atoms with van der Waals surface area (Å²) in [4.78, 5) is 12.7. The lowest BCUT2D eigenvalue weighted by molar-refractivity contribution is -0.122. The van der Waals surface area contributed by atoms with Crippen LogP contribution in [0.2, 0.25) is 0 Å². The van der Waals surface area contributed by atoms with Gasteiger partial charge in [-0.25, -0.2) is 0 Å². The zero-order valence-electron chi connectivity index (χ0n) is 14.7. The van der Waals surface area contributed by atoms with Crippen LogP contribution in [0.3, 0.4) is 0 Å². The van der Waals surface area contributed by atoms with E-state index in [9.17, 15) is 4.79 Å². The van der Waals surface area contributed by atoms with E-state index in [2.05, 4.69) is 41.8 Å². The summed E-state index contributed by atoms with van der Waals surface area (Å²) < 4.78 is 0. The van der Waals surface area contributed by atoms with E-state index < -0.39 is 0 Å². The molecule has 3 nitrogen and oxygen atoms in total. The lowest BCUT2D eigenvalue weighted by Crippen LogP contribution is -2.52. The number of hydrogen-bond acceptors (Lipinski definition) is 2. The first-order valence-electron chi connectivity index (χ1n) is 8.86. The van der Waals surface area contributed by atoms with E-state index >= 15 is 0 Å². The fraction of sp³-hybridized carbons (Fsp3) is 0.381. The lowest BCUT2D eigenvalue weighted by atomic mass is 9.88. The predicted molar refractivity (Wildman–Crippen MR) is 105 cm³/mol. The van der Waals surface area contributed by atoms with Gasteiger partial charge in [-0.15, -0.1) is 12.4 Å². The molecule has 2 aromatic carbocycles. The van der Waals surface area contributed by atoms with Crippen LogP contribution in [0.25, 0.3) is 0 Å². The molecule has 2 aromatic rings. The average Bonchev–Trinajstić information content (AvgIpc) is 2.63. The first-order valence-corrected chi connectivity index (χ1v) is 8.86. The summed E-state index contributed by atoms with van der Waals surface area (Å²) in [6, 6.07) is 21.2. The summed E-state index contributed by atoms with van der Waals surface area (Å²) in [5, 5.41) is 6.68. The number of rotatable bonds is 5. The summed E-state index contributed by atoms with van der Waals surface area (Å²) in [5.41, 5.74) is 2.38. The monoisotopic (exact) mass is 358 g/mol. The second-order valence-electron chi connectivity index (χ2n) is 6.64. The topological polar surface area (TPSA) is 41.1 Å². The molecule has 2 unspecified atom stereocenters. The van der Waals surface area contributed by atoms with Crippen molar-refractivity contribution in [2.45, 2.75) is 44.2 Å². The van der Waals surface area contributed by atoms with E-state index in [0.717, 1.165) is 19.4 Å². The predicted octanol–water partition coefficient (Wildman–Crippen LogP) is 3.89. The first-order chi connectivity index (χ1) is 11.7. The van der Waals surface area contributed by atoms with Gasteiger partial charge in [0.15, 0.2) is 0 Å². The highest BCUT2D eigenvalue weighted by Gasteiger charge is 2.24. The van der Waals surface area contributed by atoms with Crippen LogP contribution in [0, 0.1) is 0 Å². The number of piperidine rings is 1. The van der Waals surface area contributed by atoms with E-state index in [-0.39, 0.29) is 30.3 Å². The van der Waals surface area contributed by atoms with Crippen molar-refractivity contribution in [2.75, 3.05) is 6.54 Å². The van der Waals surface area contributed by atoms with Gasteiger partial charge in [0.25, 0.3) is 0 Å². The Balaban J connectivity index is 0.00000225. The highest BCUT2D eigenvalue weighted by atomic mass is 35.5. The Morgan fingerprint density at radius 3 is 2.16 bits per heavy atom. The number of amides is 1. The third-order valence-electron chi connectivity index (χ3n) is 4.90. The second kappa shape index (κ2) is 9.59. The fourth-order valence-electron chi connectivity index (χ4n) is 3.49. The minimum Gasteiger partial charge on any atom is -0.352 e. The van der Waals surface area contributed by atoms with Crippen molar-refractivity contribution in [3.8, 4) is 0 Å². The molecule has 3 rings (SSSR count). The molecular formula is C21H27ClN2O. The van der Waals surface area contributed by atoms with Crippen LogP contribution in [0.4, 0.5) is 0 Å². The number of hydrogen-bond donors (Lipinski definition) is 2. The van der Waals surface area contributed by atoms with Crippen LogP contribution in [-0.4, -0.2) is 24.5 Å². The van der Waals surface area contributed by atoms with Gasteiger partial charge in [0.2, 0.25) is 5.91 Å². The molecule has 1 aliphatic rings. The van der Waals surface area contributed by atoms with Gasteiger partial charge in [-0.2, -0.15) is 0 Å². The standard InChI is InChI=1S/C21H26N2O.ClH/c1-16-20(13-8-14-22-16)23-21(24)15-19(17-9-4-2-5-10-17)18-11-6-3-7-12-18;/h2-7,9-12,16,19-20,22H,8,13-15H2,1H3,(H,23,24);1H. The third-order valence-corrected chi connectivity index (χ3v) is 4.90. The maximum absolute atomic E-state index is 12.7. The molecule has 2 atom stereocenters. The van der Waals surface area contributed by atoms with Crippen LogP contribution in [0.15, 0.2) is 60.7 Å². The van der Waals surface area contributed by atoms with Crippen LogP contribution >= 0.6 is 12.4 Å². The zero-order chi connectivity index (χ0) is 16.8. The van der Waals surface area contributed by atoms with Crippen LogP contribution in [-0.2, 0) is 4.79 Å². The molecular weight excluding hydrogens is 332 g/mol.